The Bertz CT molecular complexity index is 175. The van der Waals surface area contributed by atoms with Crippen molar-refractivity contribution in [1.29, 1.82) is 0 Å². The summed E-state index contributed by atoms with van der Waals surface area (Å²) in [6.07, 6.45) is 5.32. The quantitative estimate of drug-likeness (QED) is 0.716. The monoisotopic (exact) mass is 199 g/mol. The summed E-state index contributed by atoms with van der Waals surface area (Å²) in [5.74, 6) is 0.720. The normalized spacial score (nSPS) is 34.9. The summed E-state index contributed by atoms with van der Waals surface area (Å²) in [6.45, 7) is 3.88. The molecule has 1 heterocycles. The average Bonchev–Trinajstić information content (AvgIpc) is 2.42. The zero-order valence-electron chi connectivity index (χ0n) is 8.82. The van der Waals surface area contributed by atoms with E-state index in [1.54, 1.807) is 0 Å². The Labute approximate surface area is 86.0 Å². The lowest BCUT2D eigenvalue weighted by Gasteiger charge is -2.37. The molecular weight excluding hydrogens is 178 g/mol. The number of aliphatic hydroxyl groups is 1. The highest BCUT2D eigenvalue weighted by Gasteiger charge is 2.31. The number of hydrogen-bond acceptors (Lipinski definition) is 3. The van der Waals surface area contributed by atoms with E-state index in [9.17, 15) is 0 Å². The van der Waals surface area contributed by atoms with Gasteiger partial charge in [-0.05, 0) is 18.8 Å². The minimum Gasteiger partial charge on any atom is -0.395 e. The Morgan fingerprint density at radius 3 is 3.00 bits per heavy atom. The maximum atomic E-state index is 9.02. The standard InChI is InChI=1S/C11H21NO2/c13-7-5-12-6-8-14-9-10-3-1-2-4-11(10)12/h10-11,13H,1-9H2/t10-,11+/m1/s1. The first-order chi connectivity index (χ1) is 6.92. The van der Waals surface area contributed by atoms with Crippen molar-refractivity contribution in [2.24, 2.45) is 5.92 Å². The number of β-amino-alcohol motifs (C(OH)–C–C–N with tert-alkyl or cyclic N) is 1. The third-order valence-corrected chi connectivity index (χ3v) is 3.58. The van der Waals surface area contributed by atoms with E-state index >= 15 is 0 Å². The van der Waals surface area contributed by atoms with Crippen LogP contribution in [0.3, 0.4) is 0 Å². The van der Waals surface area contributed by atoms with E-state index in [4.69, 9.17) is 9.84 Å². The van der Waals surface area contributed by atoms with Crippen LogP contribution < -0.4 is 0 Å². The third kappa shape index (κ3) is 2.27. The summed E-state index contributed by atoms with van der Waals surface area (Å²) in [5.41, 5.74) is 0. The highest BCUT2D eigenvalue weighted by Crippen LogP contribution is 2.29. The molecule has 3 nitrogen and oxygen atoms in total. The van der Waals surface area contributed by atoms with Gasteiger partial charge in [-0.2, -0.15) is 0 Å². The molecule has 1 N–H and O–H groups in total. The molecule has 1 saturated carbocycles. The Hall–Kier alpha value is -0.120. The number of hydrogen-bond donors (Lipinski definition) is 1. The maximum Gasteiger partial charge on any atom is 0.0593 e. The molecule has 1 saturated heterocycles. The second-order valence-electron chi connectivity index (χ2n) is 4.45. The molecule has 0 aromatic carbocycles. The van der Waals surface area contributed by atoms with Crippen molar-refractivity contribution in [3.8, 4) is 0 Å². The fraction of sp³-hybridized carbons (Fsp3) is 1.00. The predicted molar refractivity (Wildman–Crippen MR) is 55.2 cm³/mol. The van der Waals surface area contributed by atoms with E-state index in [0.29, 0.717) is 6.04 Å². The first-order valence-corrected chi connectivity index (χ1v) is 5.84. The molecule has 1 aliphatic carbocycles. The minimum atomic E-state index is 0.281. The smallest absolute Gasteiger partial charge is 0.0593 e. The van der Waals surface area contributed by atoms with Crippen LogP contribution >= 0.6 is 0 Å². The van der Waals surface area contributed by atoms with Crippen LogP contribution in [-0.4, -0.2) is 49.0 Å². The van der Waals surface area contributed by atoms with E-state index in [0.717, 1.165) is 32.2 Å². The third-order valence-electron chi connectivity index (χ3n) is 3.58. The fourth-order valence-corrected chi connectivity index (χ4v) is 2.85. The lowest BCUT2D eigenvalue weighted by molar-refractivity contribution is 0.0871. The maximum absolute atomic E-state index is 9.02. The number of nitrogens with zero attached hydrogens (tertiary/aromatic N) is 1. The molecule has 2 fully saturated rings. The SMILES string of the molecule is OCCN1CCOC[C@H]2CCCC[C@@H]21. The Kier molecular flexibility index (Phi) is 3.79. The number of rotatable bonds is 2. The van der Waals surface area contributed by atoms with Gasteiger partial charge in [0, 0.05) is 19.1 Å². The molecule has 0 aromatic rings. The fourth-order valence-electron chi connectivity index (χ4n) is 2.85. The molecule has 14 heavy (non-hydrogen) atoms. The molecule has 1 aliphatic heterocycles. The molecule has 0 spiro atoms. The summed E-state index contributed by atoms with van der Waals surface area (Å²) in [4.78, 5) is 2.43. The Morgan fingerprint density at radius 1 is 1.29 bits per heavy atom. The van der Waals surface area contributed by atoms with Gasteiger partial charge in [-0.25, -0.2) is 0 Å². The van der Waals surface area contributed by atoms with Gasteiger partial charge in [-0.15, -0.1) is 0 Å². The van der Waals surface area contributed by atoms with Crippen molar-refractivity contribution < 1.29 is 9.84 Å². The van der Waals surface area contributed by atoms with Crippen molar-refractivity contribution in [2.45, 2.75) is 31.7 Å². The van der Waals surface area contributed by atoms with Crippen molar-refractivity contribution in [1.82, 2.24) is 4.90 Å². The van der Waals surface area contributed by atoms with Crippen LogP contribution in [0.25, 0.3) is 0 Å². The number of ether oxygens (including phenoxy) is 1. The molecule has 82 valence electrons. The summed E-state index contributed by atoms with van der Waals surface area (Å²) >= 11 is 0. The van der Waals surface area contributed by atoms with Gasteiger partial charge < -0.3 is 9.84 Å². The molecule has 0 bridgehead atoms. The summed E-state index contributed by atoms with van der Waals surface area (Å²) < 4.78 is 5.62. The van der Waals surface area contributed by atoms with E-state index < -0.39 is 0 Å². The zero-order chi connectivity index (χ0) is 9.80. The molecular formula is C11H21NO2. The van der Waals surface area contributed by atoms with Gasteiger partial charge in [0.2, 0.25) is 0 Å². The van der Waals surface area contributed by atoms with Gasteiger partial charge in [0.25, 0.3) is 0 Å². The highest BCUT2D eigenvalue weighted by atomic mass is 16.5. The number of fused-ring (bicyclic) bond motifs is 1. The van der Waals surface area contributed by atoms with Crippen LogP contribution in [0.15, 0.2) is 0 Å². The summed E-state index contributed by atoms with van der Waals surface area (Å²) in [7, 11) is 0. The lowest BCUT2D eigenvalue weighted by Crippen LogP contribution is -2.44. The van der Waals surface area contributed by atoms with Crippen molar-refractivity contribution in [3.63, 3.8) is 0 Å². The summed E-state index contributed by atoms with van der Waals surface area (Å²) in [6, 6.07) is 0.679. The van der Waals surface area contributed by atoms with Gasteiger partial charge >= 0.3 is 0 Å². The molecule has 2 aliphatic rings. The largest absolute Gasteiger partial charge is 0.395 e. The van der Waals surface area contributed by atoms with Gasteiger partial charge in [-0.1, -0.05) is 12.8 Å². The molecule has 2 atom stereocenters. The molecule has 2 rings (SSSR count). The number of aliphatic hydroxyl groups excluding tert-OH is 1. The first-order valence-electron chi connectivity index (χ1n) is 5.84. The van der Waals surface area contributed by atoms with E-state index in [2.05, 4.69) is 4.90 Å². The van der Waals surface area contributed by atoms with Gasteiger partial charge in [-0.3, -0.25) is 4.90 Å². The van der Waals surface area contributed by atoms with E-state index in [-0.39, 0.29) is 6.61 Å². The lowest BCUT2D eigenvalue weighted by atomic mass is 9.84. The van der Waals surface area contributed by atoms with Crippen molar-refractivity contribution in [2.75, 3.05) is 32.9 Å². The van der Waals surface area contributed by atoms with E-state index in [1.807, 2.05) is 0 Å². The second kappa shape index (κ2) is 5.10. The highest BCUT2D eigenvalue weighted by molar-refractivity contribution is 4.84. The van der Waals surface area contributed by atoms with Crippen LogP contribution in [0.1, 0.15) is 25.7 Å². The van der Waals surface area contributed by atoms with Gasteiger partial charge in [0.05, 0.1) is 19.8 Å². The van der Waals surface area contributed by atoms with E-state index in [1.165, 1.54) is 25.7 Å². The first kappa shape index (κ1) is 10.4. The van der Waals surface area contributed by atoms with Gasteiger partial charge in [0.1, 0.15) is 0 Å². The van der Waals surface area contributed by atoms with Crippen molar-refractivity contribution in [3.05, 3.63) is 0 Å². The summed E-state index contributed by atoms with van der Waals surface area (Å²) in [5, 5.41) is 9.02. The topological polar surface area (TPSA) is 32.7 Å². The molecule has 0 aromatic heterocycles. The molecule has 0 amide bonds. The van der Waals surface area contributed by atoms with Crippen LogP contribution in [-0.2, 0) is 4.74 Å². The Morgan fingerprint density at radius 2 is 2.14 bits per heavy atom. The molecule has 0 unspecified atom stereocenters. The molecule has 3 heteroatoms. The zero-order valence-corrected chi connectivity index (χ0v) is 8.82. The minimum absolute atomic E-state index is 0.281. The average molecular weight is 199 g/mol. The van der Waals surface area contributed by atoms with Crippen LogP contribution in [0.5, 0.6) is 0 Å². The van der Waals surface area contributed by atoms with Crippen LogP contribution in [0.2, 0.25) is 0 Å². The predicted octanol–water partition coefficient (Wildman–Crippen LogP) is 0.870. The van der Waals surface area contributed by atoms with Gasteiger partial charge in [0.15, 0.2) is 0 Å². The van der Waals surface area contributed by atoms with Crippen LogP contribution in [0.4, 0.5) is 0 Å². The Balaban J connectivity index is 1.99. The van der Waals surface area contributed by atoms with Crippen LogP contribution in [0, 0.1) is 5.92 Å². The van der Waals surface area contributed by atoms with Crippen molar-refractivity contribution >= 4 is 0 Å². The second-order valence-corrected chi connectivity index (χ2v) is 4.45. The molecule has 0 radical (unpaired) electrons.